The third kappa shape index (κ3) is 4.70. The Morgan fingerprint density at radius 2 is 1.57 bits per heavy atom. The molecule has 4 heteroatoms. The first kappa shape index (κ1) is 18.9. The molecule has 0 N–H and O–H groups in total. The number of hydrogen-bond donors (Lipinski definition) is 0. The Labute approximate surface area is 166 Å². The molecule has 0 amide bonds. The lowest BCUT2D eigenvalue weighted by molar-refractivity contribution is -0.150. The number of nitrogens with zero attached hydrogens (tertiary/aromatic N) is 1. The van der Waals surface area contributed by atoms with Crippen molar-refractivity contribution in [2.75, 3.05) is 32.8 Å². The summed E-state index contributed by atoms with van der Waals surface area (Å²) in [4.78, 5) is 14.4. The molecule has 2 saturated heterocycles. The molecule has 0 unspecified atom stereocenters. The predicted molar refractivity (Wildman–Crippen MR) is 110 cm³/mol. The van der Waals surface area contributed by atoms with Crippen LogP contribution in [0.3, 0.4) is 0 Å². The summed E-state index contributed by atoms with van der Waals surface area (Å²) in [5, 5.41) is 0. The highest BCUT2D eigenvalue weighted by Crippen LogP contribution is 2.32. The van der Waals surface area contributed by atoms with Gasteiger partial charge in [-0.2, -0.15) is 0 Å². The highest BCUT2D eigenvalue weighted by atomic mass is 16.6. The second-order valence-electron chi connectivity index (χ2n) is 7.46. The molecule has 0 spiro atoms. The van der Waals surface area contributed by atoms with Gasteiger partial charge in [-0.15, -0.1) is 0 Å². The van der Waals surface area contributed by atoms with E-state index in [1.165, 1.54) is 22.3 Å². The van der Waals surface area contributed by atoms with E-state index in [9.17, 15) is 4.79 Å². The van der Waals surface area contributed by atoms with Crippen molar-refractivity contribution in [1.29, 1.82) is 0 Å². The average Bonchev–Trinajstić information content (AvgIpc) is 3.24. The van der Waals surface area contributed by atoms with Crippen LogP contribution >= 0.6 is 0 Å². The highest BCUT2D eigenvalue weighted by Gasteiger charge is 2.24. The normalized spacial score (nSPS) is 20.1. The standard InChI is InChI=1S/C24H27NO3/c26-23(28-22-13-16-27-18-22)17-25-14-11-21(12-15-25)24(19-7-3-1-4-8-19)20-9-5-2-6-10-20/h1-10,22H,11-18H2/t22-/m1/s1. The zero-order chi connectivity index (χ0) is 19.2. The number of carbonyl (C=O) groups is 1. The van der Waals surface area contributed by atoms with Gasteiger partial charge in [0.15, 0.2) is 0 Å². The Hall–Kier alpha value is -2.43. The quantitative estimate of drug-likeness (QED) is 0.741. The average molecular weight is 377 g/mol. The molecule has 2 heterocycles. The van der Waals surface area contributed by atoms with Crippen molar-refractivity contribution in [3.8, 4) is 0 Å². The van der Waals surface area contributed by atoms with Gasteiger partial charge in [0.2, 0.25) is 0 Å². The fourth-order valence-electron chi connectivity index (χ4n) is 4.03. The van der Waals surface area contributed by atoms with Gasteiger partial charge in [-0.3, -0.25) is 9.69 Å². The van der Waals surface area contributed by atoms with Gasteiger partial charge in [0.1, 0.15) is 6.10 Å². The molecule has 2 aliphatic heterocycles. The van der Waals surface area contributed by atoms with Crippen LogP contribution < -0.4 is 0 Å². The van der Waals surface area contributed by atoms with Crippen LogP contribution in [0.4, 0.5) is 0 Å². The third-order valence-corrected chi connectivity index (χ3v) is 5.48. The van der Waals surface area contributed by atoms with Gasteiger partial charge in [0, 0.05) is 19.5 Å². The number of likely N-dealkylation sites (tertiary alicyclic amines) is 1. The van der Waals surface area contributed by atoms with Gasteiger partial charge in [-0.25, -0.2) is 0 Å². The summed E-state index contributed by atoms with van der Waals surface area (Å²) in [6, 6.07) is 21.2. The van der Waals surface area contributed by atoms with E-state index in [2.05, 4.69) is 65.6 Å². The van der Waals surface area contributed by atoms with Crippen LogP contribution in [0, 0.1) is 0 Å². The van der Waals surface area contributed by atoms with Crippen molar-refractivity contribution >= 4 is 11.5 Å². The molecule has 146 valence electrons. The smallest absolute Gasteiger partial charge is 0.320 e. The van der Waals surface area contributed by atoms with Gasteiger partial charge >= 0.3 is 5.97 Å². The van der Waals surface area contributed by atoms with E-state index in [0.29, 0.717) is 19.8 Å². The van der Waals surface area contributed by atoms with Crippen LogP contribution in [0.1, 0.15) is 30.4 Å². The molecule has 4 rings (SSSR count). The first-order valence-electron chi connectivity index (χ1n) is 10.1. The molecule has 2 aliphatic rings. The van der Waals surface area contributed by atoms with Gasteiger partial charge in [-0.1, -0.05) is 66.2 Å². The molecule has 28 heavy (non-hydrogen) atoms. The summed E-state index contributed by atoms with van der Waals surface area (Å²) in [5.74, 6) is -0.130. The third-order valence-electron chi connectivity index (χ3n) is 5.48. The maximum absolute atomic E-state index is 12.2. The largest absolute Gasteiger partial charge is 0.459 e. The summed E-state index contributed by atoms with van der Waals surface area (Å²) in [6.07, 6.45) is 2.70. The number of esters is 1. The van der Waals surface area contributed by atoms with Crippen molar-refractivity contribution < 1.29 is 14.3 Å². The van der Waals surface area contributed by atoms with E-state index < -0.39 is 0 Å². The van der Waals surface area contributed by atoms with Crippen molar-refractivity contribution in [1.82, 2.24) is 4.90 Å². The summed E-state index contributed by atoms with van der Waals surface area (Å²) in [6.45, 7) is 3.37. The first-order valence-corrected chi connectivity index (χ1v) is 10.1. The maximum Gasteiger partial charge on any atom is 0.320 e. The number of piperidine rings is 1. The second-order valence-corrected chi connectivity index (χ2v) is 7.46. The highest BCUT2D eigenvalue weighted by molar-refractivity contribution is 5.82. The Bertz CT molecular complexity index is 759. The van der Waals surface area contributed by atoms with Gasteiger partial charge in [0.25, 0.3) is 0 Å². The Kier molecular flexibility index (Phi) is 6.20. The minimum absolute atomic E-state index is 0.0597. The molecule has 0 radical (unpaired) electrons. The minimum Gasteiger partial charge on any atom is -0.459 e. The van der Waals surface area contributed by atoms with Crippen molar-refractivity contribution in [2.24, 2.45) is 0 Å². The van der Waals surface area contributed by atoms with E-state index in [1.807, 2.05) is 0 Å². The predicted octanol–water partition coefficient (Wildman–Crippen LogP) is 3.92. The van der Waals surface area contributed by atoms with Crippen LogP contribution in [0.5, 0.6) is 0 Å². The lowest BCUT2D eigenvalue weighted by Gasteiger charge is -2.29. The fraction of sp³-hybridized carbons (Fsp3) is 0.375. The SMILES string of the molecule is O=C(CN1CCC(=C(c2ccccc2)c2ccccc2)CC1)O[C@@H]1CCOC1. The van der Waals surface area contributed by atoms with Crippen LogP contribution in [0.15, 0.2) is 66.2 Å². The molecule has 0 bridgehead atoms. The number of rotatable bonds is 5. The minimum atomic E-state index is -0.130. The Morgan fingerprint density at radius 3 is 2.11 bits per heavy atom. The van der Waals surface area contributed by atoms with Crippen LogP contribution in [0.25, 0.3) is 5.57 Å². The summed E-state index contributed by atoms with van der Waals surface area (Å²) in [5.41, 5.74) is 5.33. The van der Waals surface area contributed by atoms with E-state index in [-0.39, 0.29) is 12.1 Å². The van der Waals surface area contributed by atoms with E-state index in [1.54, 1.807) is 0 Å². The lowest BCUT2D eigenvalue weighted by Crippen LogP contribution is -2.37. The monoisotopic (exact) mass is 377 g/mol. The van der Waals surface area contributed by atoms with Gasteiger partial charge in [0.05, 0.1) is 19.8 Å². The molecular formula is C24H27NO3. The van der Waals surface area contributed by atoms with E-state index >= 15 is 0 Å². The Balaban J connectivity index is 1.44. The zero-order valence-corrected chi connectivity index (χ0v) is 16.2. The topological polar surface area (TPSA) is 38.8 Å². The van der Waals surface area contributed by atoms with Crippen LogP contribution in [-0.2, 0) is 14.3 Å². The Morgan fingerprint density at radius 1 is 0.964 bits per heavy atom. The van der Waals surface area contributed by atoms with Crippen molar-refractivity contribution in [2.45, 2.75) is 25.4 Å². The van der Waals surface area contributed by atoms with E-state index in [4.69, 9.17) is 9.47 Å². The number of carbonyl (C=O) groups excluding carboxylic acids is 1. The molecule has 0 saturated carbocycles. The van der Waals surface area contributed by atoms with Crippen molar-refractivity contribution in [3.63, 3.8) is 0 Å². The molecule has 4 nitrogen and oxygen atoms in total. The van der Waals surface area contributed by atoms with Crippen LogP contribution in [-0.4, -0.2) is 49.8 Å². The molecule has 2 fully saturated rings. The van der Waals surface area contributed by atoms with Crippen LogP contribution in [0.2, 0.25) is 0 Å². The number of benzene rings is 2. The molecule has 0 aromatic heterocycles. The fourth-order valence-corrected chi connectivity index (χ4v) is 4.03. The molecule has 0 aliphatic carbocycles. The van der Waals surface area contributed by atoms with E-state index in [0.717, 1.165) is 32.4 Å². The summed E-state index contributed by atoms with van der Waals surface area (Å²) >= 11 is 0. The second kappa shape index (κ2) is 9.18. The summed E-state index contributed by atoms with van der Waals surface area (Å²) in [7, 11) is 0. The number of hydrogen-bond acceptors (Lipinski definition) is 4. The first-order chi connectivity index (χ1) is 13.8. The molecular weight excluding hydrogens is 350 g/mol. The zero-order valence-electron chi connectivity index (χ0n) is 16.2. The molecule has 2 aromatic carbocycles. The maximum atomic E-state index is 12.2. The van der Waals surface area contributed by atoms with Crippen molar-refractivity contribution in [3.05, 3.63) is 77.4 Å². The molecule has 1 atom stereocenters. The summed E-state index contributed by atoms with van der Waals surface area (Å²) < 4.78 is 10.8. The van der Waals surface area contributed by atoms with Gasteiger partial charge in [-0.05, 0) is 29.5 Å². The molecule has 2 aromatic rings. The lowest BCUT2D eigenvalue weighted by atomic mass is 9.88. The number of ether oxygens (including phenoxy) is 2. The van der Waals surface area contributed by atoms with Gasteiger partial charge < -0.3 is 9.47 Å².